The maximum absolute atomic E-state index is 12.5. The lowest BCUT2D eigenvalue weighted by Gasteiger charge is -2.35. The average molecular weight is 375 g/mol. The summed E-state index contributed by atoms with van der Waals surface area (Å²) in [6, 6.07) is 7.58. The Morgan fingerprint density at radius 3 is 2.11 bits per heavy atom. The minimum Gasteiger partial charge on any atom is -0.497 e. The van der Waals surface area contributed by atoms with Gasteiger partial charge in [0.25, 0.3) is 0 Å². The third-order valence-corrected chi connectivity index (χ3v) is 5.25. The van der Waals surface area contributed by atoms with Crippen LogP contribution in [0.1, 0.15) is 12.0 Å². The predicted molar refractivity (Wildman–Crippen MR) is 102 cm³/mol. The predicted octanol–water partition coefficient (Wildman–Crippen LogP) is 0.631. The summed E-state index contributed by atoms with van der Waals surface area (Å²) in [6.07, 6.45) is 0.925. The number of morpholine rings is 1. The van der Waals surface area contributed by atoms with E-state index in [1.807, 2.05) is 34.1 Å². The van der Waals surface area contributed by atoms with Crippen molar-refractivity contribution in [1.29, 1.82) is 0 Å². The van der Waals surface area contributed by atoms with Crippen LogP contribution < -0.4 is 4.74 Å². The molecule has 0 radical (unpaired) electrons. The Hall–Kier alpha value is -2.12. The Morgan fingerprint density at radius 2 is 1.52 bits per heavy atom. The summed E-state index contributed by atoms with van der Waals surface area (Å²) < 4.78 is 10.5. The molecule has 0 aromatic heterocycles. The van der Waals surface area contributed by atoms with E-state index in [1.165, 1.54) is 0 Å². The summed E-state index contributed by atoms with van der Waals surface area (Å²) in [5.41, 5.74) is 0.977. The lowest BCUT2D eigenvalue weighted by atomic mass is 10.1. The first-order chi connectivity index (χ1) is 13.2. The lowest BCUT2D eigenvalue weighted by molar-refractivity contribution is -0.139. The molecule has 0 atom stereocenters. The number of rotatable bonds is 6. The highest BCUT2D eigenvalue weighted by Gasteiger charge is 2.24. The molecule has 0 aliphatic carbocycles. The van der Waals surface area contributed by atoms with Gasteiger partial charge in [0.15, 0.2) is 0 Å². The molecule has 2 amide bonds. The first-order valence-electron chi connectivity index (χ1n) is 9.64. The number of piperazine rings is 1. The van der Waals surface area contributed by atoms with E-state index >= 15 is 0 Å². The monoisotopic (exact) mass is 375 g/mol. The van der Waals surface area contributed by atoms with E-state index in [-0.39, 0.29) is 11.8 Å². The molecule has 2 aliphatic heterocycles. The summed E-state index contributed by atoms with van der Waals surface area (Å²) in [5, 5.41) is 0. The van der Waals surface area contributed by atoms with Gasteiger partial charge in [-0.25, -0.2) is 0 Å². The van der Waals surface area contributed by atoms with Crippen molar-refractivity contribution in [3.8, 4) is 5.75 Å². The maximum atomic E-state index is 12.5. The van der Waals surface area contributed by atoms with Gasteiger partial charge in [-0.05, 0) is 17.7 Å². The second-order valence-electron chi connectivity index (χ2n) is 6.99. The van der Waals surface area contributed by atoms with Crippen molar-refractivity contribution in [2.45, 2.75) is 12.8 Å². The Labute approximate surface area is 160 Å². The number of carbonyl (C=O) groups excluding carboxylic acids is 2. The van der Waals surface area contributed by atoms with Gasteiger partial charge >= 0.3 is 0 Å². The number of benzene rings is 1. The van der Waals surface area contributed by atoms with Crippen LogP contribution >= 0.6 is 0 Å². The summed E-state index contributed by atoms with van der Waals surface area (Å²) in [5.74, 6) is 1.08. The fourth-order valence-corrected chi connectivity index (χ4v) is 3.47. The van der Waals surface area contributed by atoms with Crippen LogP contribution in [0.2, 0.25) is 0 Å². The number of nitrogens with zero attached hydrogens (tertiary/aromatic N) is 3. The van der Waals surface area contributed by atoms with Crippen LogP contribution in [0.25, 0.3) is 0 Å². The van der Waals surface area contributed by atoms with Gasteiger partial charge in [0, 0.05) is 52.2 Å². The zero-order valence-electron chi connectivity index (χ0n) is 16.1. The molecule has 27 heavy (non-hydrogen) atoms. The van der Waals surface area contributed by atoms with Crippen LogP contribution in [0, 0.1) is 0 Å². The molecule has 1 aromatic carbocycles. The molecule has 2 fully saturated rings. The number of hydrogen-bond donors (Lipinski definition) is 0. The van der Waals surface area contributed by atoms with Crippen molar-refractivity contribution in [2.75, 3.05) is 66.1 Å². The number of amides is 2. The second kappa shape index (κ2) is 9.71. The molecule has 2 aliphatic rings. The fraction of sp³-hybridized carbons (Fsp3) is 0.600. The van der Waals surface area contributed by atoms with Gasteiger partial charge in [0.2, 0.25) is 11.8 Å². The standard InChI is InChI=1S/C20H29N3O4/c1-26-18-4-2-17(3-5-18)16-20(25)23-10-8-22(9-11-23)19(24)6-7-21-12-14-27-15-13-21/h2-5H,6-16H2,1H3. The quantitative estimate of drug-likeness (QED) is 0.730. The summed E-state index contributed by atoms with van der Waals surface area (Å²) in [6.45, 7) is 6.57. The second-order valence-corrected chi connectivity index (χ2v) is 6.99. The molecule has 0 N–H and O–H groups in total. The number of hydrogen-bond acceptors (Lipinski definition) is 5. The van der Waals surface area contributed by atoms with Crippen LogP contribution in [0.3, 0.4) is 0 Å². The number of ether oxygens (including phenoxy) is 2. The Balaban J connectivity index is 1.39. The molecule has 7 heteroatoms. The Bertz CT molecular complexity index is 621. The van der Waals surface area contributed by atoms with Crippen molar-refractivity contribution in [1.82, 2.24) is 14.7 Å². The highest BCUT2D eigenvalue weighted by Crippen LogP contribution is 2.13. The summed E-state index contributed by atoms with van der Waals surface area (Å²) in [7, 11) is 1.63. The van der Waals surface area contributed by atoms with Crippen molar-refractivity contribution < 1.29 is 19.1 Å². The van der Waals surface area contributed by atoms with Crippen LogP contribution in [0.5, 0.6) is 5.75 Å². The van der Waals surface area contributed by atoms with Gasteiger partial charge in [-0.15, -0.1) is 0 Å². The van der Waals surface area contributed by atoms with Crippen molar-refractivity contribution in [3.63, 3.8) is 0 Å². The van der Waals surface area contributed by atoms with E-state index in [4.69, 9.17) is 9.47 Å². The lowest BCUT2D eigenvalue weighted by Crippen LogP contribution is -2.51. The molecule has 7 nitrogen and oxygen atoms in total. The SMILES string of the molecule is COc1ccc(CC(=O)N2CCN(C(=O)CCN3CCOCC3)CC2)cc1. The van der Waals surface area contributed by atoms with E-state index in [0.29, 0.717) is 39.0 Å². The smallest absolute Gasteiger partial charge is 0.227 e. The van der Waals surface area contributed by atoms with E-state index in [9.17, 15) is 9.59 Å². The van der Waals surface area contributed by atoms with Crippen LogP contribution in [-0.2, 0) is 20.7 Å². The van der Waals surface area contributed by atoms with Crippen molar-refractivity contribution in [2.24, 2.45) is 0 Å². The summed E-state index contributed by atoms with van der Waals surface area (Å²) in [4.78, 5) is 30.9. The first-order valence-corrected chi connectivity index (χ1v) is 9.64. The minimum absolute atomic E-state index is 0.112. The maximum Gasteiger partial charge on any atom is 0.227 e. The molecule has 148 valence electrons. The van der Waals surface area contributed by atoms with Crippen LogP contribution in [0.4, 0.5) is 0 Å². The van der Waals surface area contributed by atoms with Gasteiger partial charge in [-0.1, -0.05) is 12.1 Å². The highest BCUT2D eigenvalue weighted by molar-refractivity contribution is 5.80. The van der Waals surface area contributed by atoms with E-state index in [1.54, 1.807) is 7.11 Å². The largest absolute Gasteiger partial charge is 0.497 e. The van der Waals surface area contributed by atoms with Gasteiger partial charge in [0.1, 0.15) is 5.75 Å². The van der Waals surface area contributed by atoms with Crippen LogP contribution in [-0.4, -0.2) is 92.7 Å². The minimum atomic E-state index is 0.112. The third kappa shape index (κ3) is 5.68. The van der Waals surface area contributed by atoms with E-state index in [0.717, 1.165) is 44.2 Å². The number of carbonyl (C=O) groups is 2. The number of methoxy groups -OCH3 is 1. The Morgan fingerprint density at radius 1 is 0.926 bits per heavy atom. The third-order valence-electron chi connectivity index (χ3n) is 5.25. The zero-order valence-corrected chi connectivity index (χ0v) is 16.1. The molecule has 2 saturated heterocycles. The average Bonchev–Trinajstić information content (AvgIpc) is 2.73. The topological polar surface area (TPSA) is 62.3 Å². The zero-order chi connectivity index (χ0) is 19.1. The van der Waals surface area contributed by atoms with Crippen LogP contribution in [0.15, 0.2) is 24.3 Å². The van der Waals surface area contributed by atoms with Crippen molar-refractivity contribution in [3.05, 3.63) is 29.8 Å². The molecule has 2 heterocycles. The molecule has 0 unspecified atom stereocenters. The fourth-order valence-electron chi connectivity index (χ4n) is 3.47. The molecule has 1 aromatic rings. The van der Waals surface area contributed by atoms with Gasteiger partial charge in [-0.2, -0.15) is 0 Å². The molecular weight excluding hydrogens is 346 g/mol. The molecule has 3 rings (SSSR count). The molecule has 0 bridgehead atoms. The van der Waals surface area contributed by atoms with Gasteiger partial charge < -0.3 is 19.3 Å². The normalized spacial score (nSPS) is 18.4. The van der Waals surface area contributed by atoms with Gasteiger partial charge in [-0.3, -0.25) is 14.5 Å². The van der Waals surface area contributed by atoms with Crippen molar-refractivity contribution >= 4 is 11.8 Å². The molecular formula is C20H29N3O4. The molecule has 0 saturated carbocycles. The highest BCUT2D eigenvalue weighted by atomic mass is 16.5. The van der Waals surface area contributed by atoms with E-state index in [2.05, 4.69) is 4.90 Å². The van der Waals surface area contributed by atoms with E-state index < -0.39 is 0 Å². The summed E-state index contributed by atoms with van der Waals surface area (Å²) >= 11 is 0. The first kappa shape index (κ1) is 19.6. The molecule has 0 spiro atoms. The van der Waals surface area contributed by atoms with Gasteiger partial charge in [0.05, 0.1) is 26.7 Å². The Kier molecular flexibility index (Phi) is 7.06.